The first-order valence-corrected chi connectivity index (χ1v) is 12.5. The highest BCUT2D eigenvalue weighted by molar-refractivity contribution is 6.02. The van der Waals surface area contributed by atoms with Crippen LogP contribution in [0.1, 0.15) is 15.2 Å². The molecule has 0 fully saturated rings. The molecule has 206 valence electrons. The van der Waals surface area contributed by atoms with Gasteiger partial charge in [0.1, 0.15) is 11.8 Å². The summed E-state index contributed by atoms with van der Waals surface area (Å²) in [5, 5.41) is 16.6. The number of nitrogens with zero attached hydrogens (tertiary/aromatic N) is 6. The maximum absolute atomic E-state index is 12.4. The number of hydrogen-bond acceptors (Lipinski definition) is 8. The van der Waals surface area contributed by atoms with Crippen LogP contribution >= 0.6 is 0 Å². The fourth-order valence-corrected chi connectivity index (χ4v) is 4.44. The van der Waals surface area contributed by atoms with Crippen LogP contribution < -0.4 is 20.3 Å². The molecule has 4 aromatic rings. The van der Waals surface area contributed by atoms with Crippen molar-refractivity contribution in [2.45, 2.75) is 6.92 Å². The number of anilines is 4. The van der Waals surface area contributed by atoms with E-state index < -0.39 is 12.9 Å². The number of rotatable bonds is 10. The monoisotopic (exact) mass is 541 g/mol. The number of aryl methyl sites for hydroxylation is 2. The van der Waals surface area contributed by atoms with Gasteiger partial charge in [-0.05, 0) is 56.9 Å². The lowest BCUT2D eigenvalue weighted by molar-refractivity contribution is -0.111. The van der Waals surface area contributed by atoms with Crippen molar-refractivity contribution in [1.29, 1.82) is 5.26 Å². The number of nitriles is 1. The first kappa shape index (κ1) is 24.2. The molecule has 0 spiro atoms. The Hall–Kier alpha value is -4.88. The minimum Gasteiger partial charge on any atom is -0.494 e. The molecule has 4 rings (SSSR count). The highest BCUT2D eigenvalue weighted by Crippen LogP contribution is 2.38. The van der Waals surface area contributed by atoms with E-state index in [1.165, 1.54) is 12.0 Å². The van der Waals surface area contributed by atoms with E-state index in [9.17, 15) is 10.1 Å². The number of likely N-dealkylation sites (N-methyl/N-ethyl adjacent to an activating group) is 2. The maximum atomic E-state index is 12.4. The van der Waals surface area contributed by atoms with E-state index in [0.717, 1.165) is 28.1 Å². The molecule has 0 radical (unpaired) electrons. The molecule has 2 N–H and O–H groups in total. The van der Waals surface area contributed by atoms with Gasteiger partial charge in [-0.15, -0.1) is 0 Å². The van der Waals surface area contributed by atoms with Gasteiger partial charge in [-0.2, -0.15) is 5.26 Å². The van der Waals surface area contributed by atoms with Gasteiger partial charge in [0, 0.05) is 60.6 Å². The molecular formula is C30H34N8O2. The summed E-state index contributed by atoms with van der Waals surface area (Å²) in [5.74, 6) is 0.0367. The standard InChI is InChI=1S/C30H34N8O2/c1-8-28(39)33-24-15-25(27(40-7)16-26(24)37(5)12-11-36(3)4)35-30-32-10-9-23(34-30)20-13-21(17-31)29-22(14-20)19(2)18-38(29)6/h8-10,13-16,18H,1,11-12H2,2-7H3,(H,33,39)(H,32,34,35)/i5D3. The Bertz CT molecular complexity index is 1720. The van der Waals surface area contributed by atoms with Crippen molar-refractivity contribution < 1.29 is 13.6 Å². The number of fused-ring (bicyclic) bond motifs is 1. The Morgan fingerprint density at radius 2 is 2.08 bits per heavy atom. The molecule has 40 heavy (non-hydrogen) atoms. The van der Waals surface area contributed by atoms with Crippen molar-refractivity contribution in [2.24, 2.45) is 7.05 Å². The number of methoxy groups -OCH3 is 1. The summed E-state index contributed by atoms with van der Waals surface area (Å²) in [6.45, 7) is 3.63. The largest absolute Gasteiger partial charge is 0.494 e. The molecule has 0 aliphatic heterocycles. The van der Waals surface area contributed by atoms with Crippen LogP contribution in [0.2, 0.25) is 0 Å². The van der Waals surface area contributed by atoms with E-state index in [0.29, 0.717) is 29.2 Å². The Morgan fingerprint density at radius 3 is 2.75 bits per heavy atom. The van der Waals surface area contributed by atoms with Gasteiger partial charge in [-0.1, -0.05) is 6.58 Å². The second-order valence-corrected chi connectivity index (χ2v) is 9.56. The van der Waals surface area contributed by atoms with Gasteiger partial charge >= 0.3 is 0 Å². The van der Waals surface area contributed by atoms with E-state index in [4.69, 9.17) is 8.85 Å². The number of ether oxygens (including phenoxy) is 1. The zero-order valence-corrected chi connectivity index (χ0v) is 23.2. The van der Waals surface area contributed by atoms with Gasteiger partial charge in [-0.3, -0.25) is 4.79 Å². The van der Waals surface area contributed by atoms with Crippen LogP contribution in [-0.2, 0) is 11.8 Å². The summed E-state index contributed by atoms with van der Waals surface area (Å²) in [4.78, 5) is 24.5. The molecule has 0 aliphatic rings. The van der Waals surface area contributed by atoms with Crippen LogP contribution in [0, 0.1) is 18.3 Å². The van der Waals surface area contributed by atoms with Crippen LogP contribution in [0.25, 0.3) is 22.2 Å². The van der Waals surface area contributed by atoms with Gasteiger partial charge in [0.05, 0.1) is 40.9 Å². The smallest absolute Gasteiger partial charge is 0.247 e. The summed E-state index contributed by atoms with van der Waals surface area (Å²) in [7, 11) is 7.07. The lowest BCUT2D eigenvalue weighted by Crippen LogP contribution is -2.29. The second-order valence-electron chi connectivity index (χ2n) is 9.56. The summed E-state index contributed by atoms with van der Waals surface area (Å²) in [5.41, 5.74) is 4.65. The molecule has 10 heteroatoms. The molecule has 0 atom stereocenters. The van der Waals surface area contributed by atoms with Crippen molar-refractivity contribution in [3.8, 4) is 23.1 Å². The number of amides is 1. The minimum atomic E-state index is -2.50. The predicted octanol–water partition coefficient (Wildman–Crippen LogP) is 4.69. The van der Waals surface area contributed by atoms with Gasteiger partial charge in [0.25, 0.3) is 0 Å². The summed E-state index contributed by atoms with van der Waals surface area (Å²) < 4.78 is 32.1. The average molecular weight is 542 g/mol. The summed E-state index contributed by atoms with van der Waals surface area (Å²) in [6.07, 6.45) is 4.68. The number of benzene rings is 2. The third kappa shape index (κ3) is 5.90. The molecule has 0 unspecified atom stereocenters. The quantitative estimate of drug-likeness (QED) is 0.278. The topological polar surface area (TPSA) is 111 Å². The lowest BCUT2D eigenvalue weighted by atomic mass is 10.0. The van der Waals surface area contributed by atoms with E-state index >= 15 is 0 Å². The van der Waals surface area contributed by atoms with Gasteiger partial charge in [-0.25, -0.2) is 9.97 Å². The number of carbonyl (C=O) groups is 1. The number of nitrogens with one attached hydrogen (secondary N) is 2. The molecule has 10 nitrogen and oxygen atoms in total. The first-order chi connectivity index (χ1) is 20.4. The fraction of sp³-hybridized carbons (Fsp3) is 0.267. The zero-order valence-electron chi connectivity index (χ0n) is 26.2. The van der Waals surface area contributed by atoms with Crippen molar-refractivity contribution in [1.82, 2.24) is 19.4 Å². The summed E-state index contributed by atoms with van der Waals surface area (Å²) >= 11 is 0. The van der Waals surface area contributed by atoms with Crippen molar-refractivity contribution in [3.63, 3.8) is 0 Å². The van der Waals surface area contributed by atoms with Crippen LogP contribution in [0.15, 0.2) is 55.4 Å². The van der Waals surface area contributed by atoms with Gasteiger partial charge < -0.3 is 29.7 Å². The number of carbonyl (C=O) groups excluding carboxylic acids is 1. The highest BCUT2D eigenvalue weighted by atomic mass is 16.5. The van der Waals surface area contributed by atoms with Gasteiger partial charge in [0.2, 0.25) is 11.9 Å². The molecule has 2 heterocycles. The van der Waals surface area contributed by atoms with Crippen LogP contribution in [0.5, 0.6) is 5.75 Å². The molecule has 0 aliphatic carbocycles. The van der Waals surface area contributed by atoms with Crippen LogP contribution in [-0.4, -0.2) is 66.6 Å². The van der Waals surface area contributed by atoms with Crippen LogP contribution in [0.3, 0.4) is 0 Å². The Kier molecular flexibility index (Phi) is 7.18. The van der Waals surface area contributed by atoms with Gasteiger partial charge in [0.15, 0.2) is 0 Å². The molecular weight excluding hydrogens is 504 g/mol. The van der Waals surface area contributed by atoms with Crippen molar-refractivity contribution in [3.05, 3.63) is 66.5 Å². The molecule has 2 aromatic carbocycles. The van der Waals surface area contributed by atoms with E-state index in [1.807, 2.05) is 49.8 Å². The van der Waals surface area contributed by atoms with Crippen molar-refractivity contribution >= 4 is 39.8 Å². The molecule has 0 bridgehead atoms. The predicted molar refractivity (Wildman–Crippen MR) is 160 cm³/mol. The second kappa shape index (κ2) is 11.9. The first-order valence-electron chi connectivity index (χ1n) is 14.0. The third-order valence-electron chi connectivity index (χ3n) is 6.42. The average Bonchev–Trinajstić information content (AvgIpc) is 3.25. The van der Waals surface area contributed by atoms with E-state index in [-0.39, 0.29) is 23.9 Å². The minimum absolute atomic E-state index is 0.164. The summed E-state index contributed by atoms with van der Waals surface area (Å²) in [6, 6.07) is 11.0. The zero-order chi connectivity index (χ0) is 31.5. The Balaban J connectivity index is 1.78. The maximum Gasteiger partial charge on any atom is 0.247 e. The molecule has 0 saturated carbocycles. The Labute approximate surface area is 238 Å². The van der Waals surface area contributed by atoms with E-state index in [2.05, 4.69) is 33.2 Å². The Morgan fingerprint density at radius 1 is 1.27 bits per heavy atom. The third-order valence-corrected chi connectivity index (χ3v) is 6.42. The van der Waals surface area contributed by atoms with Crippen LogP contribution in [0.4, 0.5) is 23.0 Å². The number of hydrogen-bond donors (Lipinski definition) is 2. The van der Waals surface area contributed by atoms with Crippen molar-refractivity contribution in [2.75, 3.05) is 56.8 Å². The molecule has 1 amide bonds. The molecule has 2 aromatic heterocycles. The molecule has 0 saturated heterocycles. The highest BCUT2D eigenvalue weighted by Gasteiger charge is 2.17. The van der Waals surface area contributed by atoms with E-state index in [1.54, 1.807) is 30.5 Å². The number of aromatic nitrogens is 3. The SMILES string of the molecule is [2H]C([2H])([2H])N(CCN(C)C)c1cc(OC)c(Nc2nccc(-c3cc(C#N)c4c(c3)c(C)cn4C)n2)cc1NC(=O)C=C. The lowest BCUT2D eigenvalue weighted by Gasteiger charge is -2.26. The fourth-order valence-electron chi connectivity index (χ4n) is 4.44. The normalized spacial score (nSPS) is 12.3.